The lowest BCUT2D eigenvalue weighted by molar-refractivity contribution is -0.386. The molecule has 0 aliphatic rings. The molecule has 0 aliphatic carbocycles. The van der Waals surface area contributed by atoms with Gasteiger partial charge in [-0.2, -0.15) is 0 Å². The van der Waals surface area contributed by atoms with Gasteiger partial charge in [0.05, 0.1) is 24.7 Å². The van der Waals surface area contributed by atoms with Gasteiger partial charge in [-0.05, 0) is 6.07 Å². The largest absolute Gasteiger partial charge is 0.493 e. The van der Waals surface area contributed by atoms with E-state index in [0.29, 0.717) is 0 Å². The fourth-order valence-electron chi connectivity index (χ4n) is 1.59. The van der Waals surface area contributed by atoms with E-state index >= 15 is 0 Å². The summed E-state index contributed by atoms with van der Waals surface area (Å²) in [6, 6.07) is 1.39. The van der Waals surface area contributed by atoms with E-state index in [1.54, 1.807) is 0 Å². The average Bonchev–Trinajstić information content (AvgIpc) is 2.42. The van der Waals surface area contributed by atoms with Crippen LogP contribution in [0.5, 0.6) is 17.2 Å². The number of rotatable bonds is 7. The third-order valence-corrected chi connectivity index (χ3v) is 2.36. The normalized spacial score (nSPS) is 9.84. The molecule has 1 aromatic carbocycles. The summed E-state index contributed by atoms with van der Waals surface area (Å²) in [5.74, 6) is 0.0958. The summed E-state index contributed by atoms with van der Waals surface area (Å²) < 4.78 is 27.4. The first-order valence-corrected chi connectivity index (χ1v) is 5.35. The lowest BCUT2D eigenvalue weighted by atomic mass is 10.1. The predicted octanol–water partition coefficient (Wildman–Crippen LogP) is 2.60. The average molecular weight is 271 g/mol. The lowest BCUT2D eigenvalue weighted by Crippen LogP contribution is -2.05. The van der Waals surface area contributed by atoms with Gasteiger partial charge in [-0.3, -0.25) is 10.1 Å². The highest BCUT2D eigenvalue weighted by Crippen LogP contribution is 2.46. The molecule has 0 heterocycles. The minimum Gasteiger partial charge on any atom is -0.493 e. The van der Waals surface area contributed by atoms with Crippen LogP contribution in [0.2, 0.25) is 0 Å². The molecule has 0 amide bonds. The van der Waals surface area contributed by atoms with Crippen molar-refractivity contribution in [1.82, 2.24) is 0 Å². The molecular weight excluding hydrogens is 257 g/mol. The monoisotopic (exact) mass is 271 g/mol. The first-order chi connectivity index (χ1) is 9.10. The van der Waals surface area contributed by atoms with E-state index in [1.807, 2.05) is 0 Å². The highest BCUT2D eigenvalue weighted by Gasteiger charge is 2.28. The van der Waals surface area contributed by atoms with Crippen molar-refractivity contribution < 1.29 is 23.5 Å². The Hall–Kier alpha value is -2.31. The standard InChI is InChI=1S/C12H14FNO5/c1-4-8-7-9(17-2)11(19-6-5-13)12(18-3)10(8)14(15)16/h4,7H,1,5-6H2,2-3H3. The SMILES string of the molecule is C=Cc1cc(OC)c(OCCF)c(OC)c1[N+](=O)[O-]. The fourth-order valence-corrected chi connectivity index (χ4v) is 1.59. The second-order valence-corrected chi connectivity index (χ2v) is 3.38. The third kappa shape index (κ3) is 2.93. The predicted molar refractivity (Wildman–Crippen MR) is 67.8 cm³/mol. The quantitative estimate of drug-likeness (QED) is 0.563. The molecule has 0 fully saturated rings. The van der Waals surface area contributed by atoms with Crippen molar-refractivity contribution in [1.29, 1.82) is 0 Å². The molecule has 0 bridgehead atoms. The smallest absolute Gasteiger partial charge is 0.322 e. The Morgan fingerprint density at radius 1 is 1.42 bits per heavy atom. The third-order valence-electron chi connectivity index (χ3n) is 2.36. The van der Waals surface area contributed by atoms with Crippen molar-refractivity contribution >= 4 is 11.8 Å². The van der Waals surface area contributed by atoms with Crippen molar-refractivity contribution in [3.8, 4) is 17.2 Å². The Balaban J connectivity index is 3.53. The van der Waals surface area contributed by atoms with Gasteiger partial charge in [-0.25, -0.2) is 4.39 Å². The van der Waals surface area contributed by atoms with Crippen molar-refractivity contribution in [3.63, 3.8) is 0 Å². The van der Waals surface area contributed by atoms with Crippen LogP contribution in [0.15, 0.2) is 12.6 Å². The van der Waals surface area contributed by atoms with Crippen LogP contribution in [0.3, 0.4) is 0 Å². The van der Waals surface area contributed by atoms with Gasteiger partial charge in [0.15, 0.2) is 5.75 Å². The topological polar surface area (TPSA) is 70.8 Å². The van der Waals surface area contributed by atoms with Crippen LogP contribution in [-0.4, -0.2) is 32.4 Å². The number of alkyl halides is 1. The second kappa shape index (κ2) is 6.58. The lowest BCUT2D eigenvalue weighted by Gasteiger charge is -2.15. The maximum atomic E-state index is 12.2. The molecular formula is C12H14FNO5. The molecule has 0 aliphatic heterocycles. The summed E-state index contributed by atoms with van der Waals surface area (Å²) in [5.41, 5.74) is -0.0709. The molecule has 7 heteroatoms. The number of nitro benzene ring substituents is 1. The van der Waals surface area contributed by atoms with Gasteiger partial charge in [0.1, 0.15) is 13.3 Å². The van der Waals surface area contributed by atoms with Crippen LogP contribution in [0, 0.1) is 10.1 Å². The van der Waals surface area contributed by atoms with Crippen LogP contribution in [-0.2, 0) is 0 Å². The Morgan fingerprint density at radius 3 is 2.53 bits per heavy atom. The molecule has 104 valence electrons. The minimum atomic E-state index is -0.733. The van der Waals surface area contributed by atoms with E-state index in [-0.39, 0.29) is 35.1 Å². The molecule has 0 aromatic heterocycles. The molecule has 0 saturated heterocycles. The highest BCUT2D eigenvalue weighted by molar-refractivity contribution is 5.73. The molecule has 0 unspecified atom stereocenters. The first-order valence-electron chi connectivity index (χ1n) is 5.35. The zero-order valence-corrected chi connectivity index (χ0v) is 10.6. The minimum absolute atomic E-state index is 0.0000463. The van der Waals surface area contributed by atoms with E-state index in [9.17, 15) is 14.5 Å². The number of hydrogen-bond donors (Lipinski definition) is 0. The van der Waals surface area contributed by atoms with Gasteiger partial charge < -0.3 is 14.2 Å². The Bertz CT molecular complexity index is 489. The molecule has 0 N–H and O–H groups in total. The molecule has 19 heavy (non-hydrogen) atoms. The number of halogens is 1. The highest BCUT2D eigenvalue weighted by atomic mass is 19.1. The number of ether oxygens (including phenoxy) is 3. The first kappa shape index (κ1) is 14.7. The Morgan fingerprint density at radius 2 is 2.11 bits per heavy atom. The Labute approximate surface area is 109 Å². The van der Waals surface area contributed by atoms with Crippen LogP contribution in [0.1, 0.15) is 5.56 Å². The molecule has 0 atom stereocenters. The van der Waals surface area contributed by atoms with E-state index in [4.69, 9.17) is 14.2 Å². The molecule has 0 spiro atoms. The Kier molecular flexibility index (Phi) is 5.11. The summed E-state index contributed by atoms with van der Waals surface area (Å²) in [6.45, 7) is 2.51. The molecule has 1 rings (SSSR count). The number of methoxy groups -OCH3 is 2. The molecule has 1 aromatic rings. The van der Waals surface area contributed by atoms with Crippen LogP contribution in [0.25, 0.3) is 6.08 Å². The van der Waals surface area contributed by atoms with Crippen LogP contribution < -0.4 is 14.2 Å². The fraction of sp³-hybridized carbons (Fsp3) is 0.333. The van der Waals surface area contributed by atoms with E-state index < -0.39 is 11.6 Å². The molecule has 6 nitrogen and oxygen atoms in total. The summed E-state index contributed by atoms with van der Waals surface area (Å²) >= 11 is 0. The summed E-state index contributed by atoms with van der Waals surface area (Å²) in [6.07, 6.45) is 1.31. The second-order valence-electron chi connectivity index (χ2n) is 3.38. The van der Waals surface area contributed by atoms with Crippen LogP contribution in [0.4, 0.5) is 10.1 Å². The van der Waals surface area contributed by atoms with E-state index in [2.05, 4.69) is 6.58 Å². The van der Waals surface area contributed by atoms with E-state index in [0.717, 1.165) is 0 Å². The van der Waals surface area contributed by atoms with Crippen molar-refractivity contribution in [2.24, 2.45) is 0 Å². The van der Waals surface area contributed by atoms with Gasteiger partial charge in [-0.1, -0.05) is 12.7 Å². The van der Waals surface area contributed by atoms with Gasteiger partial charge in [0, 0.05) is 0 Å². The number of nitrogens with zero attached hydrogens (tertiary/aromatic N) is 1. The van der Waals surface area contributed by atoms with Gasteiger partial charge in [-0.15, -0.1) is 0 Å². The number of nitro groups is 1. The maximum absolute atomic E-state index is 12.2. The van der Waals surface area contributed by atoms with Crippen molar-refractivity contribution in [2.75, 3.05) is 27.5 Å². The number of hydrogen-bond acceptors (Lipinski definition) is 5. The summed E-state index contributed by atoms with van der Waals surface area (Å²) in [4.78, 5) is 10.5. The van der Waals surface area contributed by atoms with Gasteiger partial charge in [0.25, 0.3) is 0 Å². The van der Waals surface area contributed by atoms with E-state index in [1.165, 1.54) is 26.4 Å². The van der Waals surface area contributed by atoms with Gasteiger partial charge >= 0.3 is 5.69 Å². The van der Waals surface area contributed by atoms with Gasteiger partial charge in [0.2, 0.25) is 11.5 Å². The van der Waals surface area contributed by atoms with Crippen LogP contribution >= 0.6 is 0 Å². The summed E-state index contributed by atoms with van der Waals surface area (Å²) in [5, 5.41) is 11.1. The summed E-state index contributed by atoms with van der Waals surface area (Å²) in [7, 11) is 2.63. The maximum Gasteiger partial charge on any atom is 0.322 e. The molecule has 0 radical (unpaired) electrons. The van der Waals surface area contributed by atoms with Crippen molar-refractivity contribution in [2.45, 2.75) is 0 Å². The zero-order chi connectivity index (χ0) is 14.4. The zero-order valence-electron chi connectivity index (χ0n) is 10.6. The number of benzene rings is 1. The van der Waals surface area contributed by atoms with Crippen molar-refractivity contribution in [3.05, 3.63) is 28.3 Å². The molecule has 0 saturated carbocycles.